The van der Waals surface area contributed by atoms with Gasteiger partial charge in [0, 0.05) is 17.8 Å². The zero-order chi connectivity index (χ0) is 17.7. The molecule has 0 aliphatic carbocycles. The van der Waals surface area contributed by atoms with E-state index in [9.17, 15) is 14.9 Å². The molecule has 0 amide bonds. The molecular formula is C16H19N3O4S. The number of rotatable bonds is 6. The molecule has 0 saturated carbocycles. The van der Waals surface area contributed by atoms with Gasteiger partial charge in [0.1, 0.15) is 0 Å². The minimum Gasteiger partial charge on any atom is -0.463 e. The fraction of sp³-hybridized carbons (Fsp3) is 0.375. The Balaban J connectivity index is 2.53. The second-order valence-corrected chi connectivity index (χ2v) is 5.65. The smallest absolute Gasteiger partial charge is 0.338 e. The number of carbonyl (C=O) groups is 1. The molecule has 0 unspecified atom stereocenters. The van der Waals surface area contributed by atoms with Crippen LogP contribution < -0.4 is 10.6 Å². The Labute approximate surface area is 145 Å². The molecule has 0 fully saturated rings. The highest BCUT2D eigenvalue weighted by Gasteiger charge is 2.32. The van der Waals surface area contributed by atoms with Crippen molar-refractivity contribution in [2.75, 3.05) is 6.61 Å². The standard InChI is InChI=1S/C16H19N3O4S/c1-3-6-12-13(15(20)23-4-2)14(18-16(24)17-12)10-7-5-8-11(9-10)19(21)22/h5,7-9,14H,3-4,6H2,1-2H3,(H2,17,18,24)/t14-/m1/s1. The summed E-state index contributed by atoms with van der Waals surface area (Å²) in [5, 5.41) is 17.4. The molecule has 0 bridgehead atoms. The van der Waals surface area contributed by atoms with Crippen LogP contribution in [0, 0.1) is 10.1 Å². The second kappa shape index (κ2) is 7.87. The molecule has 0 spiro atoms. The number of carbonyl (C=O) groups excluding carboxylic acids is 1. The van der Waals surface area contributed by atoms with Gasteiger partial charge in [0.05, 0.1) is 23.1 Å². The highest BCUT2D eigenvalue weighted by atomic mass is 32.1. The van der Waals surface area contributed by atoms with Gasteiger partial charge in [-0.1, -0.05) is 25.5 Å². The van der Waals surface area contributed by atoms with Crippen molar-refractivity contribution in [1.29, 1.82) is 0 Å². The number of thiocarbonyl (C=S) groups is 1. The number of benzene rings is 1. The van der Waals surface area contributed by atoms with Crippen molar-refractivity contribution in [3.05, 3.63) is 51.2 Å². The summed E-state index contributed by atoms with van der Waals surface area (Å²) in [6.45, 7) is 3.97. The van der Waals surface area contributed by atoms with E-state index in [4.69, 9.17) is 17.0 Å². The quantitative estimate of drug-likeness (QED) is 0.353. The predicted octanol–water partition coefficient (Wildman–Crippen LogP) is 2.73. The lowest BCUT2D eigenvalue weighted by Crippen LogP contribution is -2.45. The first kappa shape index (κ1) is 17.9. The van der Waals surface area contributed by atoms with Gasteiger partial charge in [-0.05, 0) is 31.1 Å². The molecule has 24 heavy (non-hydrogen) atoms. The van der Waals surface area contributed by atoms with Gasteiger partial charge < -0.3 is 15.4 Å². The van der Waals surface area contributed by atoms with Crippen molar-refractivity contribution in [3.63, 3.8) is 0 Å². The lowest BCUT2D eigenvalue weighted by atomic mass is 9.93. The number of nitrogens with zero attached hydrogens (tertiary/aromatic N) is 1. The third kappa shape index (κ3) is 3.88. The largest absolute Gasteiger partial charge is 0.463 e. The molecule has 0 saturated heterocycles. The van der Waals surface area contributed by atoms with Gasteiger partial charge >= 0.3 is 5.97 Å². The molecule has 0 radical (unpaired) electrons. The number of ether oxygens (including phenoxy) is 1. The maximum atomic E-state index is 12.5. The molecule has 128 valence electrons. The summed E-state index contributed by atoms with van der Waals surface area (Å²) in [5.74, 6) is -0.458. The van der Waals surface area contributed by atoms with E-state index in [0.717, 1.165) is 6.42 Å². The molecule has 1 aromatic carbocycles. The fourth-order valence-corrected chi connectivity index (χ4v) is 2.82. The predicted molar refractivity (Wildman–Crippen MR) is 93.3 cm³/mol. The lowest BCUT2D eigenvalue weighted by molar-refractivity contribution is -0.384. The molecule has 1 heterocycles. The van der Waals surface area contributed by atoms with Crippen molar-refractivity contribution in [3.8, 4) is 0 Å². The van der Waals surface area contributed by atoms with E-state index in [2.05, 4.69) is 10.6 Å². The highest BCUT2D eigenvalue weighted by molar-refractivity contribution is 7.80. The van der Waals surface area contributed by atoms with Crippen molar-refractivity contribution in [2.45, 2.75) is 32.7 Å². The Bertz CT molecular complexity index is 702. The molecule has 1 aliphatic heterocycles. The molecule has 8 heteroatoms. The summed E-state index contributed by atoms with van der Waals surface area (Å²) >= 11 is 5.22. The molecule has 1 aromatic rings. The average molecular weight is 349 g/mol. The van der Waals surface area contributed by atoms with Crippen LogP contribution in [0.1, 0.15) is 38.3 Å². The molecular weight excluding hydrogens is 330 g/mol. The number of hydrogen-bond donors (Lipinski definition) is 2. The maximum absolute atomic E-state index is 12.5. The Morgan fingerprint density at radius 3 is 2.79 bits per heavy atom. The third-order valence-electron chi connectivity index (χ3n) is 3.56. The number of esters is 1. The molecule has 2 N–H and O–H groups in total. The van der Waals surface area contributed by atoms with Gasteiger partial charge in [-0.3, -0.25) is 10.1 Å². The minimum atomic E-state index is -0.584. The van der Waals surface area contributed by atoms with Gasteiger partial charge in [0.15, 0.2) is 5.11 Å². The zero-order valence-corrected chi connectivity index (χ0v) is 14.3. The van der Waals surface area contributed by atoms with Crippen LogP contribution in [0.2, 0.25) is 0 Å². The molecule has 2 rings (SSSR count). The first-order valence-electron chi connectivity index (χ1n) is 7.69. The Kier molecular flexibility index (Phi) is 5.86. The van der Waals surface area contributed by atoms with E-state index >= 15 is 0 Å². The van der Waals surface area contributed by atoms with Crippen molar-refractivity contribution < 1.29 is 14.5 Å². The van der Waals surface area contributed by atoms with E-state index in [1.807, 2.05) is 6.92 Å². The van der Waals surface area contributed by atoms with Gasteiger partial charge in [-0.15, -0.1) is 0 Å². The van der Waals surface area contributed by atoms with E-state index in [1.54, 1.807) is 19.1 Å². The number of nitrogens with one attached hydrogen (secondary N) is 2. The van der Waals surface area contributed by atoms with Gasteiger partial charge in [0.25, 0.3) is 5.69 Å². The zero-order valence-electron chi connectivity index (χ0n) is 13.5. The normalized spacial score (nSPS) is 17.1. The summed E-state index contributed by atoms with van der Waals surface area (Å²) in [6, 6.07) is 5.57. The van der Waals surface area contributed by atoms with Crippen LogP contribution in [0.4, 0.5) is 5.69 Å². The maximum Gasteiger partial charge on any atom is 0.338 e. The molecule has 1 aliphatic rings. The summed E-state index contributed by atoms with van der Waals surface area (Å²) in [6.07, 6.45) is 1.44. The van der Waals surface area contributed by atoms with Gasteiger partial charge in [-0.25, -0.2) is 4.79 Å². The SMILES string of the molecule is CCCC1=C(C(=O)OCC)[C@@H](c2cccc([N+](=O)[O-])c2)NC(=S)N1. The Hall–Kier alpha value is -2.48. The minimum absolute atomic E-state index is 0.0426. The summed E-state index contributed by atoms with van der Waals surface area (Å²) < 4.78 is 5.17. The van der Waals surface area contributed by atoms with Crippen LogP contribution in [0.25, 0.3) is 0 Å². The van der Waals surface area contributed by atoms with E-state index in [0.29, 0.717) is 28.4 Å². The topological polar surface area (TPSA) is 93.5 Å². The highest BCUT2D eigenvalue weighted by Crippen LogP contribution is 2.31. The van der Waals surface area contributed by atoms with E-state index in [-0.39, 0.29) is 12.3 Å². The summed E-state index contributed by atoms with van der Waals surface area (Å²) in [4.78, 5) is 23.0. The van der Waals surface area contributed by atoms with E-state index in [1.165, 1.54) is 12.1 Å². The number of non-ortho nitro benzene ring substituents is 1. The number of nitro benzene ring substituents is 1. The molecule has 1 atom stereocenters. The van der Waals surface area contributed by atoms with Crippen LogP contribution >= 0.6 is 12.2 Å². The molecule has 0 aromatic heterocycles. The monoisotopic (exact) mass is 349 g/mol. The number of allylic oxidation sites excluding steroid dienone is 1. The summed E-state index contributed by atoms with van der Waals surface area (Å²) in [5.41, 5.74) is 1.65. The first-order valence-corrected chi connectivity index (χ1v) is 8.10. The lowest BCUT2D eigenvalue weighted by Gasteiger charge is -2.31. The van der Waals surface area contributed by atoms with Crippen LogP contribution in [0.5, 0.6) is 0 Å². The molecule has 7 nitrogen and oxygen atoms in total. The van der Waals surface area contributed by atoms with Crippen molar-refractivity contribution in [1.82, 2.24) is 10.6 Å². The van der Waals surface area contributed by atoms with Crippen LogP contribution in [0.15, 0.2) is 35.5 Å². The summed E-state index contributed by atoms with van der Waals surface area (Å²) in [7, 11) is 0. The van der Waals surface area contributed by atoms with Crippen LogP contribution in [-0.2, 0) is 9.53 Å². The first-order chi connectivity index (χ1) is 11.5. The van der Waals surface area contributed by atoms with Gasteiger partial charge in [-0.2, -0.15) is 0 Å². The van der Waals surface area contributed by atoms with E-state index < -0.39 is 16.9 Å². The number of nitro groups is 1. The Morgan fingerprint density at radius 2 is 2.17 bits per heavy atom. The average Bonchev–Trinajstić information content (AvgIpc) is 2.55. The van der Waals surface area contributed by atoms with Gasteiger partial charge in [0.2, 0.25) is 0 Å². The Morgan fingerprint density at radius 1 is 1.42 bits per heavy atom. The second-order valence-electron chi connectivity index (χ2n) is 5.25. The third-order valence-corrected chi connectivity index (χ3v) is 3.78. The van der Waals surface area contributed by atoms with Crippen molar-refractivity contribution >= 4 is 29.0 Å². The van der Waals surface area contributed by atoms with Crippen LogP contribution in [0.3, 0.4) is 0 Å². The fourth-order valence-electron chi connectivity index (χ4n) is 2.58. The number of hydrogen-bond acceptors (Lipinski definition) is 5. The van der Waals surface area contributed by atoms with Crippen LogP contribution in [-0.4, -0.2) is 22.6 Å². The van der Waals surface area contributed by atoms with Crippen molar-refractivity contribution in [2.24, 2.45) is 0 Å².